The van der Waals surface area contributed by atoms with E-state index in [-0.39, 0.29) is 26.4 Å². The first-order valence-corrected chi connectivity index (χ1v) is 9.43. The molecule has 0 aromatic carbocycles. The zero-order valence-corrected chi connectivity index (χ0v) is 13.0. The average molecular weight is 344 g/mol. The van der Waals surface area contributed by atoms with Gasteiger partial charge in [0, 0.05) is 26.4 Å². The molecule has 0 atom stereocenters. The predicted molar refractivity (Wildman–Crippen MR) is 69.6 cm³/mol. The molecule has 2 heterocycles. The molecule has 0 bridgehead atoms. The Morgan fingerprint density at radius 2 is 1.05 bits per heavy atom. The molecule has 2 fully saturated rings. The van der Waals surface area contributed by atoms with Gasteiger partial charge < -0.3 is 18.6 Å². The van der Waals surface area contributed by atoms with Crippen molar-refractivity contribution in [2.45, 2.75) is 0 Å². The molecule has 0 aromatic heterocycles. The Balaban J connectivity index is 1.83. The van der Waals surface area contributed by atoms with Gasteiger partial charge in [-0.25, -0.2) is 16.8 Å². The largest absolute Gasteiger partial charge is 0.654 e. The minimum atomic E-state index is -3.69. The lowest BCUT2D eigenvalue weighted by Crippen LogP contribution is -2.55. The van der Waals surface area contributed by atoms with Gasteiger partial charge in [-0.1, -0.05) is 0 Å². The minimum Gasteiger partial charge on any atom is -0.384 e. The number of rotatable bonds is 4. The Morgan fingerprint density at radius 3 is 1.29 bits per heavy atom. The molecule has 0 saturated carbocycles. The lowest BCUT2D eigenvalue weighted by atomic mass is 9.87. The highest BCUT2D eigenvalue weighted by Gasteiger charge is 2.47. The Hall–Kier alpha value is -0.210. The second kappa shape index (κ2) is 6.12. The molecule has 2 rings (SSSR count). The molecular formula is C7H14B2O10S2. The summed E-state index contributed by atoms with van der Waals surface area (Å²) in [5.41, 5.74) is -0.672. The highest BCUT2D eigenvalue weighted by Crippen LogP contribution is 2.29. The van der Waals surface area contributed by atoms with Crippen LogP contribution in [0, 0.1) is 5.41 Å². The molecule has 0 radical (unpaired) electrons. The molecule has 0 N–H and O–H groups in total. The summed E-state index contributed by atoms with van der Waals surface area (Å²) in [5, 5.41) is 0. The lowest BCUT2D eigenvalue weighted by Gasteiger charge is -2.41. The summed E-state index contributed by atoms with van der Waals surface area (Å²) in [6.07, 6.45) is 1.76. The van der Waals surface area contributed by atoms with Crippen LogP contribution in [-0.2, 0) is 47.1 Å². The van der Waals surface area contributed by atoms with Crippen LogP contribution in [-0.4, -0.2) is 70.4 Å². The van der Waals surface area contributed by atoms with Crippen LogP contribution in [0.5, 0.6) is 0 Å². The normalized spacial score (nSPS) is 23.5. The molecule has 2 aliphatic heterocycles. The average Bonchev–Trinajstić information content (AvgIpc) is 2.32. The maximum atomic E-state index is 10.9. The minimum absolute atomic E-state index is 0.0682. The van der Waals surface area contributed by atoms with Gasteiger partial charge >= 0.3 is 14.6 Å². The summed E-state index contributed by atoms with van der Waals surface area (Å²) in [7, 11) is -10.0. The van der Waals surface area contributed by atoms with Crippen LogP contribution in [0.2, 0.25) is 0 Å². The third-order valence-corrected chi connectivity index (χ3v) is 3.62. The van der Waals surface area contributed by atoms with Crippen molar-refractivity contribution >= 4 is 34.9 Å². The highest BCUT2D eigenvalue weighted by molar-refractivity contribution is 7.87. The van der Waals surface area contributed by atoms with Crippen molar-refractivity contribution in [3.63, 3.8) is 0 Å². The zero-order chi connectivity index (χ0) is 15.7. The third kappa shape index (κ3) is 5.49. The van der Waals surface area contributed by atoms with Crippen molar-refractivity contribution in [1.82, 2.24) is 0 Å². The van der Waals surface area contributed by atoms with Gasteiger partial charge in [-0.15, -0.1) is 0 Å². The molecule has 10 nitrogen and oxygen atoms in total. The van der Waals surface area contributed by atoms with E-state index in [0.29, 0.717) is 0 Å². The molecule has 2 saturated heterocycles. The van der Waals surface area contributed by atoms with Crippen LogP contribution < -0.4 is 0 Å². The summed E-state index contributed by atoms with van der Waals surface area (Å²) in [5.74, 6) is 0. The van der Waals surface area contributed by atoms with Crippen molar-refractivity contribution in [3.8, 4) is 0 Å². The van der Waals surface area contributed by atoms with Gasteiger partial charge in [0.2, 0.25) is 0 Å². The molecule has 0 unspecified atom stereocenters. The van der Waals surface area contributed by atoms with E-state index < -0.39 is 40.3 Å². The van der Waals surface area contributed by atoms with Crippen molar-refractivity contribution in [3.05, 3.63) is 0 Å². The van der Waals surface area contributed by atoms with Gasteiger partial charge in [-0.05, 0) is 0 Å². The maximum Gasteiger partial charge on any atom is 0.654 e. The summed E-state index contributed by atoms with van der Waals surface area (Å²) in [6, 6.07) is 0. The topological polar surface area (TPSA) is 124 Å². The number of hydrogen-bond donors (Lipinski definition) is 0. The second-order valence-corrected chi connectivity index (χ2v) is 8.12. The van der Waals surface area contributed by atoms with Crippen LogP contribution in [0.1, 0.15) is 0 Å². The molecule has 21 heavy (non-hydrogen) atoms. The molecule has 0 aromatic rings. The SMILES string of the molecule is CS(=O)(=O)OB1OCC2(CO1)COB(OS(C)(=O)=O)OC2. The van der Waals surface area contributed by atoms with E-state index in [1.165, 1.54) is 0 Å². The van der Waals surface area contributed by atoms with Gasteiger partial charge in [0.25, 0.3) is 20.2 Å². The second-order valence-electron chi connectivity index (χ2n) is 4.92. The van der Waals surface area contributed by atoms with Crippen molar-refractivity contribution in [2.24, 2.45) is 5.41 Å². The van der Waals surface area contributed by atoms with Crippen LogP contribution in [0.3, 0.4) is 0 Å². The molecule has 0 aliphatic carbocycles. The van der Waals surface area contributed by atoms with E-state index in [0.717, 1.165) is 12.5 Å². The van der Waals surface area contributed by atoms with E-state index in [4.69, 9.17) is 18.6 Å². The standard InChI is InChI=1S/C7H14B2O10S2/c1-20(10,11)18-8-14-3-7(4-15-8)5-16-9(17-6-7)19-21(2,12)13/h3-6H2,1-2H3. The predicted octanol–water partition coefficient (Wildman–Crippen LogP) is -2.01. The Labute approximate surface area is 123 Å². The fraction of sp³-hybridized carbons (Fsp3) is 1.00. The van der Waals surface area contributed by atoms with Crippen LogP contribution in [0.15, 0.2) is 0 Å². The molecule has 1 spiro atoms. The van der Waals surface area contributed by atoms with Gasteiger partial charge in [0.1, 0.15) is 0 Å². The van der Waals surface area contributed by atoms with E-state index in [2.05, 4.69) is 8.20 Å². The first-order valence-electron chi connectivity index (χ1n) is 5.80. The quantitative estimate of drug-likeness (QED) is 0.528. The third-order valence-electron chi connectivity index (χ3n) is 2.61. The monoisotopic (exact) mass is 344 g/mol. The van der Waals surface area contributed by atoms with E-state index in [1.807, 2.05) is 0 Å². The molecule has 0 amide bonds. The van der Waals surface area contributed by atoms with Gasteiger partial charge in [-0.3, -0.25) is 8.20 Å². The Bertz CT molecular complexity index is 503. The Morgan fingerprint density at radius 1 is 0.762 bits per heavy atom. The molecule has 14 heteroatoms. The zero-order valence-electron chi connectivity index (χ0n) is 11.4. The summed E-state index contributed by atoms with van der Waals surface area (Å²) in [6.45, 7) is 0.273. The smallest absolute Gasteiger partial charge is 0.384 e. The number of hydrogen-bond acceptors (Lipinski definition) is 10. The van der Waals surface area contributed by atoms with Crippen molar-refractivity contribution in [1.29, 1.82) is 0 Å². The van der Waals surface area contributed by atoms with Crippen LogP contribution in [0.4, 0.5) is 0 Å². The van der Waals surface area contributed by atoms with Gasteiger partial charge in [0.05, 0.1) is 17.9 Å². The fourth-order valence-electron chi connectivity index (χ4n) is 1.72. The van der Waals surface area contributed by atoms with Crippen molar-refractivity contribution in [2.75, 3.05) is 38.9 Å². The summed E-state index contributed by atoms with van der Waals surface area (Å²) >= 11 is 0. The van der Waals surface area contributed by atoms with Crippen LogP contribution in [0.25, 0.3) is 0 Å². The Kier molecular flexibility index (Phi) is 5.00. The maximum absolute atomic E-state index is 10.9. The van der Waals surface area contributed by atoms with E-state index in [9.17, 15) is 16.8 Å². The van der Waals surface area contributed by atoms with Gasteiger partial charge in [0.15, 0.2) is 0 Å². The lowest BCUT2D eigenvalue weighted by molar-refractivity contribution is -0.103. The summed E-state index contributed by atoms with van der Waals surface area (Å²) in [4.78, 5) is 0. The van der Waals surface area contributed by atoms with Crippen molar-refractivity contribution < 1.29 is 43.7 Å². The van der Waals surface area contributed by atoms with Gasteiger partial charge in [-0.2, -0.15) is 0 Å². The molecule has 2 aliphatic rings. The molecular weight excluding hydrogens is 330 g/mol. The van der Waals surface area contributed by atoms with E-state index >= 15 is 0 Å². The first kappa shape index (κ1) is 17.1. The fourth-order valence-corrected chi connectivity index (χ4v) is 2.52. The first-order chi connectivity index (χ1) is 9.57. The van der Waals surface area contributed by atoms with Crippen LogP contribution >= 0.6 is 0 Å². The van der Waals surface area contributed by atoms with E-state index in [1.54, 1.807) is 0 Å². The summed E-state index contributed by atoms with van der Waals surface area (Å²) < 4.78 is 73.4. The highest BCUT2D eigenvalue weighted by atomic mass is 32.2. The molecule has 120 valence electrons.